The van der Waals surface area contributed by atoms with Gasteiger partial charge in [0.1, 0.15) is 42.7 Å². The van der Waals surface area contributed by atoms with Crippen molar-refractivity contribution in [3.63, 3.8) is 0 Å². The second-order valence-corrected chi connectivity index (χ2v) is 14.9. The van der Waals surface area contributed by atoms with Gasteiger partial charge < -0.3 is 71.6 Å². The Bertz CT molecular complexity index is 2090. The predicted octanol–water partition coefficient (Wildman–Crippen LogP) is -3.03. The highest BCUT2D eigenvalue weighted by atomic mass is 31.2. The van der Waals surface area contributed by atoms with Crippen LogP contribution in [0.2, 0.25) is 0 Å². The molecule has 0 bridgehead atoms. The molecule has 4 rings (SSSR count). The molecule has 3 aromatic rings. The number of aliphatic hydroxyl groups excluding tert-OH is 5. The Morgan fingerprint density at radius 2 is 1.70 bits per heavy atom. The average Bonchev–Trinajstić information content (AvgIpc) is 3.45. The quantitative estimate of drug-likeness (QED) is 0.0421. The van der Waals surface area contributed by atoms with Crippen LogP contribution in [0.1, 0.15) is 43.5 Å². The highest BCUT2D eigenvalue weighted by Gasteiger charge is 2.45. The van der Waals surface area contributed by atoms with Crippen molar-refractivity contribution < 1.29 is 88.0 Å². The number of carboxylic acids is 3. The van der Waals surface area contributed by atoms with Gasteiger partial charge in [0.2, 0.25) is 5.95 Å². The zero-order chi connectivity index (χ0) is 44.5. The number of rotatable bonds is 23. The number of phosphoric acid groups is 1. The number of hydrogen-bond donors (Lipinski definition) is 13. The van der Waals surface area contributed by atoms with Gasteiger partial charge in [-0.25, -0.2) is 19.3 Å². The molecule has 1 aliphatic heterocycles. The first-order chi connectivity index (χ1) is 28.1. The number of amides is 1. The molecule has 11 atom stereocenters. The van der Waals surface area contributed by atoms with Crippen LogP contribution in [0.3, 0.4) is 0 Å². The van der Waals surface area contributed by atoms with E-state index in [0.717, 1.165) is 0 Å². The van der Waals surface area contributed by atoms with Crippen LogP contribution in [-0.2, 0) is 48.7 Å². The van der Waals surface area contributed by atoms with Crippen LogP contribution in [0.5, 0.6) is 0 Å². The molecule has 0 radical (unpaired) electrons. The van der Waals surface area contributed by atoms with Crippen LogP contribution < -0.4 is 21.9 Å². The molecule has 330 valence electrons. The number of aromatic nitrogens is 4. The fraction of sp³-hybridized carbons (Fsp3) is 0.515. The van der Waals surface area contributed by atoms with Crippen molar-refractivity contribution in [3.05, 3.63) is 52.1 Å². The molecule has 1 saturated heterocycles. The molecule has 1 aromatic carbocycles. The number of H-pyrrole nitrogens is 1. The maximum absolute atomic E-state index is 12.7. The van der Waals surface area contributed by atoms with Gasteiger partial charge in [-0.05, 0) is 31.0 Å². The van der Waals surface area contributed by atoms with Crippen molar-refractivity contribution in [2.45, 2.75) is 93.7 Å². The summed E-state index contributed by atoms with van der Waals surface area (Å²) in [5.41, 5.74) is 6.72. The lowest BCUT2D eigenvalue weighted by molar-refractivity contribution is -0.192. The lowest BCUT2D eigenvalue weighted by atomic mass is 10.0. The maximum Gasteiger partial charge on any atom is 0.473 e. The topological polar surface area (TPSA) is 426 Å². The molecule has 3 heterocycles. The molecule has 1 amide bonds. The number of fused-ring (bicyclic) bond motifs is 1. The van der Waals surface area contributed by atoms with Crippen LogP contribution in [0, 0.1) is 0 Å². The number of ether oxygens (including phenoxy) is 2. The number of hydrogen-bond acceptors (Lipinski definition) is 20. The molecule has 0 aliphatic carbocycles. The molecule has 26 nitrogen and oxygen atoms in total. The average molecular weight is 874 g/mol. The van der Waals surface area contributed by atoms with Gasteiger partial charge in [0, 0.05) is 18.5 Å². The summed E-state index contributed by atoms with van der Waals surface area (Å²) < 4.78 is 32.8. The lowest BCUT2D eigenvalue weighted by Gasteiger charge is -2.25. The second kappa shape index (κ2) is 20.8. The van der Waals surface area contributed by atoms with E-state index in [-0.39, 0.29) is 23.5 Å². The Morgan fingerprint density at radius 1 is 1.02 bits per heavy atom. The van der Waals surface area contributed by atoms with Crippen molar-refractivity contribution >= 4 is 54.4 Å². The molecule has 14 N–H and O–H groups in total. The third-order valence-corrected chi connectivity index (χ3v) is 9.78. The summed E-state index contributed by atoms with van der Waals surface area (Å²) in [4.78, 5) is 83.1. The summed E-state index contributed by atoms with van der Waals surface area (Å²) >= 11 is 0. The standard InChI is InChI=1S/C33H44N7O19P/c1-13(17-10-35-28-24(37-17)30(51)40-33(34)39-28)36-15-4-2-14(3-5-15)8-18(41)25(47)19(42)11-56-32-27(49)26(48)21(58-32)12-57-60(54,55)59-20(6-7-22(43)44)29(50)38-16(31(52)53)9-23(45)46/h2-5,10,13,16,18-21,25-27,32,36,41-42,47-49H,6-9,11-12H2,1H3,(H,38,50)(H,43,44)(H,45,46)(H,52,53)(H,54,55)(H3,34,35,39,40,51)/t13?,16?,18?,19?,20?,21-,25?,26-,27-,32+/m1/s1. The predicted molar refractivity (Wildman–Crippen MR) is 199 cm³/mol. The molecule has 0 saturated carbocycles. The maximum atomic E-state index is 12.7. The van der Waals surface area contributed by atoms with Crippen LogP contribution in [0.15, 0.2) is 35.3 Å². The molecule has 60 heavy (non-hydrogen) atoms. The molecule has 2 aromatic heterocycles. The van der Waals surface area contributed by atoms with E-state index in [4.69, 9.17) is 34.5 Å². The summed E-state index contributed by atoms with van der Waals surface area (Å²) in [6.07, 6.45) is -15.6. The van der Waals surface area contributed by atoms with E-state index in [2.05, 4.69) is 25.3 Å². The molecule has 7 unspecified atom stereocenters. The summed E-state index contributed by atoms with van der Waals surface area (Å²) in [5, 5.41) is 84.5. The Kier molecular flexibility index (Phi) is 16.5. The minimum absolute atomic E-state index is 0.0132. The Balaban J connectivity index is 1.25. The SMILES string of the molecule is CC(Nc1ccc(CC(O)C(O)C(O)CO[C@H]2O[C@H](COP(=O)(O)OC(CCC(=O)O)C(=O)NC(CC(=O)O)C(=O)O)[C@@H](O)[C@H]2O)cc1)c1cnc2nc(N)[nH]c(=O)c2n1. The van der Waals surface area contributed by atoms with Crippen molar-refractivity contribution in [3.8, 4) is 0 Å². The molecular formula is C33H44N7O19P. The van der Waals surface area contributed by atoms with Crippen molar-refractivity contribution in [2.75, 3.05) is 24.3 Å². The second-order valence-electron chi connectivity index (χ2n) is 13.5. The summed E-state index contributed by atoms with van der Waals surface area (Å²) in [6, 6.07) is 4.21. The van der Waals surface area contributed by atoms with Gasteiger partial charge in [0.15, 0.2) is 17.5 Å². The fourth-order valence-electron chi connectivity index (χ4n) is 5.60. The number of carboxylic acid groups (broad SMARTS) is 3. The van der Waals surface area contributed by atoms with Gasteiger partial charge in [-0.1, -0.05) is 12.1 Å². The normalized spacial score (nSPS) is 21.9. The van der Waals surface area contributed by atoms with E-state index >= 15 is 0 Å². The number of nitrogens with two attached hydrogens (primary N) is 1. The number of aromatic amines is 1. The number of carbonyl (C=O) groups excluding carboxylic acids is 1. The first-order valence-electron chi connectivity index (χ1n) is 17.8. The van der Waals surface area contributed by atoms with Gasteiger partial charge in [0.25, 0.3) is 11.5 Å². The third-order valence-electron chi connectivity index (χ3n) is 8.79. The molecule has 27 heteroatoms. The Labute approximate surface area is 337 Å². The summed E-state index contributed by atoms with van der Waals surface area (Å²) in [5.74, 6) is -6.43. The van der Waals surface area contributed by atoms with Crippen LogP contribution in [0.25, 0.3) is 11.2 Å². The molecule has 1 aliphatic rings. The Morgan fingerprint density at radius 3 is 2.33 bits per heavy atom. The fourth-order valence-corrected chi connectivity index (χ4v) is 6.52. The zero-order valence-electron chi connectivity index (χ0n) is 31.4. The third kappa shape index (κ3) is 13.4. The largest absolute Gasteiger partial charge is 0.481 e. The van der Waals surface area contributed by atoms with Gasteiger partial charge in [0.05, 0.1) is 43.7 Å². The van der Waals surface area contributed by atoms with Crippen LogP contribution in [0.4, 0.5) is 11.6 Å². The van der Waals surface area contributed by atoms with Gasteiger partial charge in [-0.2, -0.15) is 4.98 Å². The summed E-state index contributed by atoms with van der Waals surface area (Å²) in [7, 11) is -5.35. The number of anilines is 2. The monoisotopic (exact) mass is 873 g/mol. The number of aliphatic hydroxyl groups is 5. The van der Waals surface area contributed by atoms with Crippen molar-refractivity contribution in [2.24, 2.45) is 0 Å². The van der Waals surface area contributed by atoms with E-state index in [9.17, 15) is 64.1 Å². The van der Waals surface area contributed by atoms with Crippen molar-refractivity contribution in [1.82, 2.24) is 25.3 Å². The van der Waals surface area contributed by atoms with Gasteiger partial charge >= 0.3 is 25.7 Å². The lowest BCUT2D eigenvalue weighted by Crippen LogP contribution is -2.47. The highest BCUT2D eigenvalue weighted by molar-refractivity contribution is 7.47. The zero-order valence-corrected chi connectivity index (χ0v) is 32.3. The number of aliphatic carboxylic acids is 3. The molecular weight excluding hydrogens is 829 g/mol. The van der Waals surface area contributed by atoms with Gasteiger partial charge in [-0.3, -0.25) is 33.2 Å². The number of nitrogens with zero attached hydrogens (tertiary/aromatic N) is 3. The first kappa shape index (κ1) is 47.4. The minimum Gasteiger partial charge on any atom is -0.481 e. The number of benzene rings is 1. The number of carbonyl (C=O) groups is 4. The van der Waals surface area contributed by atoms with E-state index in [1.807, 2.05) is 0 Å². The highest BCUT2D eigenvalue weighted by Crippen LogP contribution is 2.46. The van der Waals surface area contributed by atoms with Crippen LogP contribution >= 0.6 is 7.82 Å². The molecule has 1 fully saturated rings. The van der Waals surface area contributed by atoms with Gasteiger partial charge in [-0.15, -0.1) is 0 Å². The molecule has 0 spiro atoms. The minimum atomic E-state index is -5.35. The van der Waals surface area contributed by atoms with E-state index in [1.165, 1.54) is 6.20 Å². The van der Waals surface area contributed by atoms with E-state index in [1.54, 1.807) is 36.5 Å². The van der Waals surface area contributed by atoms with Crippen LogP contribution in [-0.4, -0.2) is 158 Å². The number of nitrogen functional groups attached to an aromatic ring is 1. The number of nitrogens with one attached hydrogen (secondary N) is 3. The van der Waals surface area contributed by atoms with E-state index in [0.29, 0.717) is 16.9 Å². The Hall–Kier alpha value is -5.25. The summed E-state index contributed by atoms with van der Waals surface area (Å²) in [6.45, 7) is 0.0125. The van der Waals surface area contributed by atoms with E-state index < -0.39 is 131 Å². The first-order valence-corrected chi connectivity index (χ1v) is 19.3. The number of phosphoric ester groups is 1. The van der Waals surface area contributed by atoms with Crippen molar-refractivity contribution in [1.29, 1.82) is 0 Å². The smallest absolute Gasteiger partial charge is 0.473 e.